The molecule has 0 saturated carbocycles. The number of carbonyl (C=O) groups excluding carboxylic acids is 1. The van der Waals surface area contributed by atoms with Crippen molar-refractivity contribution in [2.45, 2.75) is 19.3 Å². The van der Waals surface area contributed by atoms with Gasteiger partial charge < -0.3 is 25.2 Å². The third kappa shape index (κ3) is 5.51. The molecule has 2 N–H and O–H groups in total. The summed E-state index contributed by atoms with van der Waals surface area (Å²) in [5.41, 5.74) is 8.98. The molecule has 0 radical (unpaired) electrons. The van der Waals surface area contributed by atoms with Gasteiger partial charge in [-0.05, 0) is 62.2 Å². The standard InChI is InChI=1S/C28H35N5O2/c29-24-9-1-2-11-26(24)32-16-18-33(19-17-32)28(34)22-7-5-14-31(21-22)15-6-20-35-27-12-3-10-25-23(27)8-4-13-30-25/h1-4,8-13,22H,5-7,14-21,29H2. The number of carbonyl (C=O) groups is 1. The molecule has 1 unspecified atom stereocenters. The Morgan fingerprint density at radius 1 is 1.00 bits per heavy atom. The van der Waals surface area contributed by atoms with Gasteiger partial charge in [0.15, 0.2) is 0 Å². The summed E-state index contributed by atoms with van der Waals surface area (Å²) in [6.45, 7) is 6.71. The van der Waals surface area contributed by atoms with Crippen molar-refractivity contribution in [3.63, 3.8) is 0 Å². The number of anilines is 2. The SMILES string of the molecule is Nc1ccccc1N1CCN(C(=O)C2CCCN(CCCOc3cccc4ncccc34)C2)CC1. The molecular formula is C28H35N5O2. The van der Waals surface area contributed by atoms with Crippen LogP contribution in [0.15, 0.2) is 60.8 Å². The lowest BCUT2D eigenvalue weighted by molar-refractivity contribution is -0.137. The Hall–Kier alpha value is -3.32. The summed E-state index contributed by atoms with van der Waals surface area (Å²) in [5.74, 6) is 1.30. The van der Waals surface area contributed by atoms with Gasteiger partial charge in [-0.1, -0.05) is 18.2 Å². The first-order chi connectivity index (χ1) is 17.2. The maximum absolute atomic E-state index is 13.3. The average Bonchev–Trinajstić information content (AvgIpc) is 2.91. The Kier molecular flexibility index (Phi) is 7.33. The number of rotatable bonds is 7. The molecule has 0 bridgehead atoms. The molecule has 1 amide bonds. The Morgan fingerprint density at radius 2 is 1.86 bits per heavy atom. The normalized spacial score (nSPS) is 19.1. The molecule has 1 atom stereocenters. The first kappa shape index (κ1) is 23.4. The highest BCUT2D eigenvalue weighted by Gasteiger charge is 2.31. The van der Waals surface area contributed by atoms with E-state index in [2.05, 4.69) is 25.8 Å². The number of likely N-dealkylation sites (tertiary alicyclic amines) is 1. The number of fused-ring (bicyclic) bond motifs is 1. The van der Waals surface area contributed by atoms with E-state index >= 15 is 0 Å². The number of ether oxygens (including phenoxy) is 1. The fourth-order valence-electron chi connectivity index (χ4n) is 5.33. The predicted molar refractivity (Wildman–Crippen MR) is 141 cm³/mol. The summed E-state index contributed by atoms with van der Waals surface area (Å²) < 4.78 is 6.08. The first-order valence-electron chi connectivity index (χ1n) is 12.8. The number of piperidine rings is 1. The van der Waals surface area contributed by atoms with E-state index in [-0.39, 0.29) is 5.92 Å². The van der Waals surface area contributed by atoms with Crippen LogP contribution >= 0.6 is 0 Å². The smallest absolute Gasteiger partial charge is 0.227 e. The van der Waals surface area contributed by atoms with Gasteiger partial charge in [-0.3, -0.25) is 9.78 Å². The fraction of sp³-hybridized carbons (Fsp3) is 0.429. The van der Waals surface area contributed by atoms with Crippen molar-refractivity contribution in [2.24, 2.45) is 5.92 Å². The summed E-state index contributed by atoms with van der Waals surface area (Å²) in [5, 5.41) is 1.05. The number of nitrogens with zero attached hydrogens (tertiary/aromatic N) is 4. The van der Waals surface area contributed by atoms with E-state index in [1.807, 2.05) is 48.5 Å². The zero-order valence-electron chi connectivity index (χ0n) is 20.3. The van der Waals surface area contributed by atoms with Gasteiger partial charge in [0.05, 0.1) is 29.4 Å². The summed E-state index contributed by atoms with van der Waals surface area (Å²) in [6.07, 6.45) is 4.81. The lowest BCUT2D eigenvalue weighted by Gasteiger charge is -2.40. The van der Waals surface area contributed by atoms with Crippen LogP contribution in [0.5, 0.6) is 5.75 Å². The number of hydrogen-bond donors (Lipinski definition) is 1. The van der Waals surface area contributed by atoms with Crippen molar-refractivity contribution in [2.75, 3.05) is 63.1 Å². The highest BCUT2D eigenvalue weighted by atomic mass is 16.5. The van der Waals surface area contributed by atoms with Gasteiger partial charge in [-0.25, -0.2) is 0 Å². The van der Waals surface area contributed by atoms with Gasteiger partial charge in [0, 0.05) is 50.9 Å². The molecule has 0 aliphatic carbocycles. The molecule has 0 spiro atoms. The molecule has 2 aliphatic heterocycles. The summed E-state index contributed by atoms with van der Waals surface area (Å²) in [4.78, 5) is 24.5. The highest BCUT2D eigenvalue weighted by Crippen LogP contribution is 2.26. The van der Waals surface area contributed by atoms with Crippen molar-refractivity contribution in [3.8, 4) is 5.75 Å². The summed E-state index contributed by atoms with van der Waals surface area (Å²) in [6, 6.07) is 18.0. The van der Waals surface area contributed by atoms with Crippen LogP contribution < -0.4 is 15.4 Å². The maximum Gasteiger partial charge on any atom is 0.227 e. The molecule has 7 nitrogen and oxygen atoms in total. The minimum Gasteiger partial charge on any atom is -0.493 e. The van der Waals surface area contributed by atoms with Crippen molar-refractivity contribution < 1.29 is 9.53 Å². The average molecular weight is 474 g/mol. The van der Waals surface area contributed by atoms with Crippen LogP contribution in [0.2, 0.25) is 0 Å². The number of para-hydroxylation sites is 2. The van der Waals surface area contributed by atoms with Crippen LogP contribution in [-0.4, -0.2) is 73.1 Å². The van der Waals surface area contributed by atoms with Crippen molar-refractivity contribution in [3.05, 3.63) is 60.8 Å². The van der Waals surface area contributed by atoms with Crippen LogP contribution in [0, 0.1) is 5.92 Å². The second-order valence-electron chi connectivity index (χ2n) is 9.54. The Balaban J connectivity index is 1.07. The van der Waals surface area contributed by atoms with Gasteiger partial charge in [-0.15, -0.1) is 0 Å². The van der Waals surface area contributed by atoms with E-state index in [0.717, 1.165) is 93.1 Å². The summed E-state index contributed by atoms with van der Waals surface area (Å²) in [7, 11) is 0. The quantitative estimate of drug-likeness (QED) is 0.417. The predicted octanol–water partition coefficient (Wildman–Crippen LogP) is 3.65. The molecule has 1 aromatic heterocycles. The summed E-state index contributed by atoms with van der Waals surface area (Å²) >= 11 is 0. The molecule has 2 aromatic carbocycles. The van der Waals surface area contributed by atoms with E-state index in [1.54, 1.807) is 6.20 Å². The number of nitrogens with two attached hydrogens (primary N) is 1. The zero-order chi connectivity index (χ0) is 24.0. The minimum absolute atomic E-state index is 0.0992. The van der Waals surface area contributed by atoms with Crippen LogP contribution in [0.4, 0.5) is 11.4 Å². The van der Waals surface area contributed by atoms with Crippen molar-refractivity contribution in [1.82, 2.24) is 14.8 Å². The van der Waals surface area contributed by atoms with Crippen LogP contribution in [-0.2, 0) is 4.79 Å². The first-order valence-corrected chi connectivity index (χ1v) is 12.8. The Morgan fingerprint density at radius 3 is 2.71 bits per heavy atom. The minimum atomic E-state index is 0.0992. The molecule has 2 aliphatic rings. The van der Waals surface area contributed by atoms with Gasteiger partial charge in [0.2, 0.25) is 5.91 Å². The zero-order valence-corrected chi connectivity index (χ0v) is 20.3. The van der Waals surface area contributed by atoms with Crippen LogP contribution in [0.3, 0.4) is 0 Å². The van der Waals surface area contributed by atoms with E-state index in [9.17, 15) is 4.79 Å². The molecule has 3 aromatic rings. The fourth-order valence-corrected chi connectivity index (χ4v) is 5.33. The topological polar surface area (TPSA) is 74.9 Å². The third-order valence-corrected chi connectivity index (χ3v) is 7.21. The van der Waals surface area contributed by atoms with Crippen LogP contribution in [0.25, 0.3) is 10.9 Å². The van der Waals surface area contributed by atoms with Gasteiger partial charge in [-0.2, -0.15) is 0 Å². The van der Waals surface area contributed by atoms with Crippen molar-refractivity contribution in [1.29, 1.82) is 0 Å². The second kappa shape index (κ2) is 11.0. The Bertz CT molecular complexity index is 1140. The molecule has 7 heteroatoms. The number of pyridine rings is 1. The number of amides is 1. The van der Waals surface area contributed by atoms with E-state index in [0.29, 0.717) is 12.5 Å². The molecule has 2 saturated heterocycles. The molecule has 2 fully saturated rings. The highest BCUT2D eigenvalue weighted by molar-refractivity contribution is 5.84. The van der Waals surface area contributed by atoms with Gasteiger partial charge in [0.1, 0.15) is 5.75 Å². The third-order valence-electron chi connectivity index (χ3n) is 7.21. The largest absolute Gasteiger partial charge is 0.493 e. The van der Waals surface area contributed by atoms with Gasteiger partial charge in [0.25, 0.3) is 0 Å². The lowest BCUT2D eigenvalue weighted by atomic mass is 9.96. The number of benzene rings is 2. The maximum atomic E-state index is 13.3. The lowest BCUT2D eigenvalue weighted by Crippen LogP contribution is -2.52. The van der Waals surface area contributed by atoms with E-state index in [4.69, 9.17) is 10.5 Å². The molecule has 3 heterocycles. The second-order valence-corrected chi connectivity index (χ2v) is 9.54. The number of piperazine rings is 1. The van der Waals surface area contributed by atoms with Crippen LogP contribution in [0.1, 0.15) is 19.3 Å². The Labute approximate surface area is 207 Å². The number of aromatic nitrogens is 1. The molecule has 184 valence electrons. The number of nitrogen functional groups attached to an aromatic ring is 1. The van der Waals surface area contributed by atoms with E-state index in [1.165, 1.54) is 0 Å². The molecule has 5 rings (SSSR count). The molecular weight excluding hydrogens is 438 g/mol. The number of hydrogen-bond acceptors (Lipinski definition) is 6. The van der Waals surface area contributed by atoms with E-state index < -0.39 is 0 Å². The van der Waals surface area contributed by atoms with Gasteiger partial charge >= 0.3 is 0 Å². The van der Waals surface area contributed by atoms with Crippen molar-refractivity contribution >= 4 is 28.2 Å². The monoisotopic (exact) mass is 473 g/mol. The molecule has 35 heavy (non-hydrogen) atoms.